The molecule has 5 nitrogen and oxygen atoms in total. The molecule has 19 heavy (non-hydrogen) atoms. The SMILES string of the molecule is COc1cccc(-c2cnc(N(C)CCN)nc2)c1. The van der Waals surface area contributed by atoms with Crippen LogP contribution in [0.15, 0.2) is 36.7 Å². The molecule has 0 bridgehead atoms. The van der Waals surface area contributed by atoms with Gasteiger partial charge in [0.05, 0.1) is 7.11 Å². The van der Waals surface area contributed by atoms with Gasteiger partial charge in [-0.25, -0.2) is 9.97 Å². The molecule has 0 unspecified atom stereocenters. The van der Waals surface area contributed by atoms with Crippen LogP contribution in [0.4, 0.5) is 5.95 Å². The Balaban J connectivity index is 2.22. The van der Waals surface area contributed by atoms with E-state index in [-0.39, 0.29) is 0 Å². The third kappa shape index (κ3) is 3.20. The van der Waals surface area contributed by atoms with Gasteiger partial charge in [0.25, 0.3) is 0 Å². The Kier molecular flexibility index (Phi) is 4.30. The number of hydrogen-bond donors (Lipinski definition) is 1. The minimum atomic E-state index is 0.581. The molecular formula is C14H18N4O. The van der Waals surface area contributed by atoms with Gasteiger partial charge < -0.3 is 15.4 Å². The number of nitrogens with two attached hydrogens (primary N) is 1. The Morgan fingerprint density at radius 1 is 1.21 bits per heavy atom. The molecule has 1 heterocycles. The number of methoxy groups -OCH3 is 1. The highest BCUT2D eigenvalue weighted by molar-refractivity contribution is 5.63. The number of likely N-dealkylation sites (N-methyl/N-ethyl adjacent to an activating group) is 1. The van der Waals surface area contributed by atoms with Crippen molar-refractivity contribution in [2.24, 2.45) is 5.73 Å². The summed E-state index contributed by atoms with van der Waals surface area (Å²) in [6, 6.07) is 7.82. The van der Waals surface area contributed by atoms with Gasteiger partial charge >= 0.3 is 0 Å². The summed E-state index contributed by atoms with van der Waals surface area (Å²) in [5.41, 5.74) is 7.51. The van der Waals surface area contributed by atoms with Gasteiger partial charge in [0.2, 0.25) is 5.95 Å². The molecule has 2 N–H and O–H groups in total. The van der Waals surface area contributed by atoms with Crippen LogP contribution in [-0.4, -0.2) is 37.2 Å². The van der Waals surface area contributed by atoms with Crippen LogP contribution in [0.25, 0.3) is 11.1 Å². The normalized spacial score (nSPS) is 10.3. The topological polar surface area (TPSA) is 64.3 Å². The van der Waals surface area contributed by atoms with Gasteiger partial charge in [-0.1, -0.05) is 12.1 Å². The van der Waals surface area contributed by atoms with Crippen LogP contribution in [0.5, 0.6) is 5.75 Å². The van der Waals surface area contributed by atoms with Gasteiger partial charge in [0.1, 0.15) is 5.75 Å². The monoisotopic (exact) mass is 258 g/mol. The van der Waals surface area contributed by atoms with E-state index in [1.807, 2.05) is 48.6 Å². The Hall–Kier alpha value is -2.14. The van der Waals surface area contributed by atoms with Crippen LogP contribution in [0, 0.1) is 0 Å². The van der Waals surface area contributed by atoms with Crippen molar-refractivity contribution in [1.82, 2.24) is 9.97 Å². The average molecular weight is 258 g/mol. The number of rotatable bonds is 5. The van der Waals surface area contributed by atoms with Gasteiger partial charge in [0, 0.05) is 38.1 Å². The molecule has 0 radical (unpaired) electrons. The predicted octanol–water partition coefficient (Wildman–Crippen LogP) is 1.55. The molecule has 0 aliphatic carbocycles. The van der Waals surface area contributed by atoms with Gasteiger partial charge in [-0.05, 0) is 17.7 Å². The van der Waals surface area contributed by atoms with Crippen LogP contribution in [0.2, 0.25) is 0 Å². The average Bonchev–Trinajstić information content (AvgIpc) is 2.48. The summed E-state index contributed by atoms with van der Waals surface area (Å²) in [5, 5.41) is 0. The summed E-state index contributed by atoms with van der Waals surface area (Å²) in [6.07, 6.45) is 3.62. The number of aromatic nitrogens is 2. The number of nitrogens with zero attached hydrogens (tertiary/aromatic N) is 3. The fourth-order valence-electron chi connectivity index (χ4n) is 1.76. The smallest absolute Gasteiger partial charge is 0.225 e. The number of hydrogen-bond acceptors (Lipinski definition) is 5. The number of anilines is 1. The van der Waals surface area contributed by atoms with E-state index in [1.165, 1.54) is 0 Å². The van der Waals surface area contributed by atoms with E-state index in [2.05, 4.69) is 9.97 Å². The van der Waals surface area contributed by atoms with Crippen molar-refractivity contribution >= 4 is 5.95 Å². The summed E-state index contributed by atoms with van der Waals surface area (Å²) in [7, 11) is 3.58. The van der Waals surface area contributed by atoms with E-state index in [0.29, 0.717) is 12.5 Å². The molecule has 1 aromatic carbocycles. The number of benzene rings is 1. The Bertz CT molecular complexity index is 527. The first-order chi connectivity index (χ1) is 9.24. The van der Waals surface area contributed by atoms with Crippen LogP contribution >= 0.6 is 0 Å². The van der Waals surface area contributed by atoms with Crippen LogP contribution in [0.3, 0.4) is 0 Å². The molecular weight excluding hydrogens is 240 g/mol. The molecule has 0 aliphatic rings. The third-order valence-electron chi connectivity index (χ3n) is 2.85. The van der Waals surface area contributed by atoms with Crippen molar-refractivity contribution in [2.45, 2.75) is 0 Å². The molecule has 0 spiro atoms. The van der Waals surface area contributed by atoms with Gasteiger partial charge in [-0.15, -0.1) is 0 Å². The minimum absolute atomic E-state index is 0.581. The maximum Gasteiger partial charge on any atom is 0.225 e. The molecule has 0 fully saturated rings. The van der Waals surface area contributed by atoms with Gasteiger partial charge in [-0.2, -0.15) is 0 Å². The van der Waals surface area contributed by atoms with E-state index >= 15 is 0 Å². The van der Waals surface area contributed by atoms with E-state index in [1.54, 1.807) is 7.11 Å². The molecule has 2 rings (SSSR count). The Labute approximate surface area is 113 Å². The largest absolute Gasteiger partial charge is 0.497 e. The molecule has 0 aliphatic heterocycles. The second-order valence-corrected chi connectivity index (χ2v) is 4.21. The first kappa shape index (κ1) is 13.3. The minimum Gasteiger partial charge on any atom is -0.497 e. The quantitative estimate of drug-likeness (QED) is 0.881. The van der Waals surface area contributed by atoms with Crippen LogP contribution < -0.4 is 15.4 Å². The number of ether oxygens (including phenoxy) is 1. The first-order valence-electron chi connectivity index (χ1n) is 6.12. The zero-order valence-corrected chi connectivity index (χ0v) is 11.2. The van der Waals surface area contributed by atoms with Crippen molar-refractivity contribution in [2.75, 3.05) is 32.1 Å². The standard InChI is InChI=1S/C14H18N4O/c1-18(7-6-15)14-16-9-12(10-17-14)11-4-3-5-13(8-11)19-2/h3-5,8-10H,6-7,15H2,1-2H3. The van der Waals surface area contributed by atoms with Crippen LogP contribution in [0.1, 0.15) is 0 Å². The molecule has 0 amide bonds. The molecule has 0 atom stereocenters. The molecule has 1 aromatic heterocycles. The molecule has 100 valence electrons. The van der Waals surface area contributed by atoms with Crippen molar-refractivity contribution in [1.29, 1.82) is 0 Å². The lowest BCUT2D eigenvalue weighted by Gasteiger charge is -2.15. The summed E-state index contributed by atoms with van der Waals surface area (Å²) in [4.78, 5) is 10.6. The molecule has 2 aromatic rings. The molecule has 0 saturated heterocycles. The Morgan fingerprint density at radius 3 is 2.58 bits per heavy atom. The zero-order chi connectivity index (χ0) is 13.7. The highest BCUT2D eigenvalue weighted by Gasteiger charge is 2.05. The molecule has 0 saturated carbocycles. The van der Waals surface area contributed by atoms with Gasteiger partial charge in [0.15, 0.2) is 0 Å². The van der Waals surface area contributed by atoms with Gasteiger partial charge in [-0.3, -0.25) is 0 Å². The van der Waals surface area contributed by atoms with Crippen LogP contribution in [-0.2, 0) is 0 Å². The van der Waals surface area contributed by atoms with Crippen molar-refractivity contribution < 1.29 is 4.74 Å². The maximum absolute atomic E-state index is 5.51. The zero-order valence-electron chi connectivity index (χ0n) is 11.2. The lowest BCUT2D eigenvalue weighted by molar-refractivity contribution is 0.415. The van der Waals surface area contributed by atoms with Crippen molar-refractivity contribution in [3.8, 4) is 16.9 Å². The maximum atomic E-state index is 5.51. The predicted molar refractivity (Wildman–Crippen MR) is 76.3 cm³/mol. The lowest BCUT2D eigenvalue weighted by Crippen LogP contribution is -2.26. The first-order valence-corrected chi connectivity index (χ1v) is 6.12. The van der Waals surface area contributed by atoms with Crippen molar-refractivity contribution in [3.63, 3.8) is 0 Å². The summed E-state index contributed by atoms with van der Waals surface area (Å²) >= 11 is 0. The second-order valence-electron chi connectivity index (χ2n) is 4.21. The Morgan fingerprint density at radius 2 is 1.95 bits per heavy atom. The van der Waals surface area contributed by atoms with E-state index in [0.717, 1.165) is 23.4 Å². The summed E-state index contributed by atoms with van der Waals surface area (Å²) in [6.45, 7) is 1.32. The molecule has 5 heteroatoms. The lowest BCUT2D eigenvalue weighted by atomic mass is 10.1. The van der Waals surface area contributed by atoms with E-state index in [4.69, 9.17) is 10.5 Å². The van der Waals surface area contributed by atoms with E-state index in [9.17, 15) is 0 Å². The second kappa shape index (κ2) is 6.15. The van der Waals surface area contributed by atoms with Crippen molar-refractivity contribution in [3.05, 3.63) is 36.7 Å². The third-order valence-corrected chi connectivity index (χ3v) is 2.85. The fraction of sp³-hybridized carbons (Fsp3) is 0.286. The fourth-order valence-corrected chi connectivity index (χ4v) is 1.76. The summed E-state index contributed by atoms with van der Waals surface area (Å²) in [5.74, 6) is 1.50. The summed E-state index contributed by atoms with van der Waals surface area (Å²) < 4.78 is 5.21. The highest BCUT2D eigenvalue weighted by atomic mass is 16.5. The highest BCUT2D eigenvalue weighted by Crippen LogP contribution is 2.23. The van der Waals surface area contributed by atoms with E-state index < -0.39 is 0 Å².